The highest BCUT2D eigenvalue weighted by Crippen LogP contribution is 2.25. The highest BCUT2D eigenvalue weighted by atomic mass is 19.1. The van der Waals surface area contributed by atoms with Crippen molar-refractivity contribution in [3.63, 3.8) is 0 Å². The van der Waals surface area contributed by atoms with E-state index in [4.69, 9.17) is 4.42 Å². The SMILES string of the molecule is Cc1cc(F)ccc1CNCC(c1ccco1)N1CCCC1. The van der Waals surface area contributed by atoms with Gasteiger partial charge in [-0.1, -0.05) is 6.07 Å². The van der Waals surface area contributed by atoms with Crippen molar-refractivity contribution in [2.75, 3.05) is 19.6 Å². The minimum Gasteiger partial charge on any atom is -0.468 e. The molecule has 0 radical (unpaired) electrons. The molecule has 1 N–H and O–H groups in total. The Bertz CT molecular complexity index is 591. The maximum absolute atomic E-state index is 13.1. The fourth-order valence-corrected chi connectivity index (χ4v) is 3.14. The van der Waals surface area contributed by atoms with Crippen LogP contribution in [0.4, 0.5) is 4.39 Å². The molecule has 0 saturated carbocycles. The summed E-state index contributed by atoms with van der Waals surface area (Å²) in [4.78, 5) is 2.48. The molecule has 3 rings (SSSR count). The normalized spacial score (nSPS) is 17.0. The van der Waals surface area contributed by atoms with E-state index in [2.05, 4.69) is 10.2 Å². The quantitative estimate of drug-likeness (QED) is 0.883. The number of hydrogen-bond donors (Lipinski definition) is 1. The van der Waals surface area contributed by atoms with E-state index in [0.717, 1.165) is 43.1 Å². The molecule has 118 valence electrons. The summed E-state index contributed by atoms with van der Waals surface area (Å²) in [6.45, 7) is 5.79. The Morgan fingerprint density at radius 1 is 1.27 bits per heavy atom. The molecule has 0 spiro atoms. The molecule has 1 fully saturated rings. The molecule has 0 aliphatic carbocycles. The molecule has 0 amide bonds. The van der Waals surface area contributed by atoms with Crippen molar-refractivity contribution in [3.05, 3.63) is 59.3 Å². The van der Waals surface area contributed by atoms with Gasteiger partial charge in [0.1, 0.15) is 11.6 Å². The Morgan fingerprint density at radius 3 is 2.77 bits per heavy atom. The Kier molecular flexibility index (Phi) is 4.90. The van der Waals surface area contributed by atoms with E-state index in [-0.39, 0.29) is 11.9 Å². The van der Waals surface area contributed by atoms with E-state index >= 15 is 0 Å². The second-order valence-electron chi connectivity index (χ2n) is 5.98. The van der Waals surface area contributed by atoms with Crippen LogP contribution in [0.5, 0.6) is 0 Å². The number of nitrogens with one attached hydrogen (secondary N) is 1. The standard InChI is InChI=1S/C18H23FN2O/c1-14-11-16(19)7-6-15(14)12-20-13-17(18-5-4-10-22-18)21-8-2-3-9-21/h4-7,10-11,17,20H,2-3,8-9,12-13H2,1H3. The van der Waals surface area contributed by atoms with Gasteiger partial charge in [0.05, 0.1) is 12.3 Å². The van der Waals surface area contributed by atoms with Crippen LogP contribution in [0.1, 0.15) is 35.8 Å². The zero-order chi connectivity index (χ0) is 15.4. The van der Waals surface area contributed by atoms with Crippen molar-refractivity contribution in [1.82, 2.24) is 10.2 Å². The van der Waals surface area contributed by atoms with Crippen molar-refractivity contribution >= 4 is 0 Å². The summed E-state index contributed by atoms with van der Waals surface area (Å²) in [5.41, 5.74) is 2.13. The van der Waals surface area contributed by atoms with E-state index in [1.165, 1.54) is 18.9 Å². The lowest BCUT2D eigenvalue weighted by atomic mass is 10.1. The average molecular weight is 302 g/mol. The lowest BCUT2D eigenvalue weighted by Crippen LogP contribution is -2.33. The first-order valence-electron chi connectivity index (χ1n) is 7.97. The number of benzene rings is 1. The molecule has 1 atom stereocenters. The molecule has 1 unspecified atom stereocenters. The Balaban J connectivity index is 1.61. The summed E-state index contributed by atoms with van der Waals surface area (Å²) in [6.07, 6.45) is 4.26. The molecular weight excluding hydrogens is 279 g/mol. The highest BCUT2D eigenvalue weighted by molar-refractivity contribution is 5.26. The Morgan fingerprint density at radius 2 is 2.09 bits per heavy atom. The number of rotatable bonds is 6. The molecule has 1 aliphatic heterocycles. The van der Waals surface area contributed by atoms with Gasteiger partial charge in [-0.2, -0.15) is 0 Å². The van der Waals surface area contributed by atoms with Crippen molar-refractivity contribution in [3.8, 4) is 0 Å². The summed E-state index contributed by atoms with van der Waals surface area (Å²) >= 11 is 0. The summed E-state index contributed by atoms with van der Waals surface area (Å²) in [5.74, 6) is 0.844. The van der Waals surface area contributed by atoms with Crippen LogP contribution in [0.2, 0.25) is 0 Å². The second-order valence-corrected chi connectivity index (χ2v) is 5.98. The van der Waals surface area contributed by atoms with E-state index in [9.17, 15) is 4.39 Å². The lowest BCUT2D eigenvalue weighted by Gasteiger charge is -2.26. The summed E-state index contributed by atoms with van der Waals surface area (Å²) in [6, 6.07) is 9.24. The van der Waals surface area contributed by atoms with Gasteiger partial charge in [0.15, 0.2) is 0 Å². The summed E-state index contributed by atoms with van der Waals surface area (Å²) in [5, 5.41) is 3.50. The smallest absolute Gasteiger partial charge is 0.123 e. The Hall–Kier alpha value is -1.65. The summed E-state index contributed by atoms with van der Waals surface area (Å²) in [7, 11) is 0. The molecule has 1 aromatic heterocycles. The van der Waals surface area contributed by atoms with Crippen molar-refractivity contribution in [2.24, 2.45) is 0 Å². The predicted octanol–water partition coefficient (Wildman–Crippen LogP) is 3.65. The maximum atomic E-state index is 13.1. The molecule has 1 aliphatic rings. The van der Waals surface area contributed by atoms with Crippen LogP contribution >= 0.6 is 0 Å². The number of furan rings is 1. The largest absolute Gasteiger partial charge is 0.468 e. The minimum absolute atomic E-state index is 0.174. The lowest BCUT2D eigenvalue weighted by molar-refractivity contribution is 0.209. The van der Waals surface area contributed by atoms with Crippen LogP contribution in [-0.4, -0.2) is 24.5 Å². The number of aryl methyl sites for hydroxylation is 1. The summed E-state index contributed by atoms with van der Waals surface area (Å²) < 4.78 is 18.8. The zero-order valence-corrected chi connectivity index (χ0v) is 13.0. The van der Waals surface area contributed by atoms with Gasteiger partial charge in [-0.15, -0.1) is 0 Å². The first-order valence-corrected chi connectivity index (χ1v) is 7.97. The molecular formula is C18H23FN2O. The number of likely N-dealkylation sites (tertiary alicyclic amines) is 1. The fourth-order valence-electron chi connectivity index (χ4n) is 3.14. The third-order valence-corrected chi connectivity index (χ3v) is 4.41. The van der Waals surface area contributed by atoms with Crippen molar-refractivity contribution in [2.45, 2.75) is 32.4 Å². The molecule has 2 aromatic rings. The molecule has 3 nitrogen and oxygen atoms in total. The third-order valence-electron chi connectivity index (χ3n) is 4.41. The number of hydrogen-bond acceptors (Lipinski definition) is 3. The third kappa shape index (κ3) is 3.57. The molecule has 22 heavy (non-hydrogen) atoms. The molecule has 1 aromatic carbocycles. The van der Waals surface area contributed by atoms with Crippen LogP contribution < -0.4 is 5.32 Å². The predicted molar refractivity (Wildman–Crippen MR) is 85.1 cm³/mol. The van der Waals surface area contributed by atoms with Gasteiger partial charge in [-0.05, 0) is 68.2 Å². The fraction of sp³-hybridized carbons (Fsp3) is 0.444. The number of nitrogens with zero attached hydrogens (tertiary/aromatic N) is 1. The molecule has 4 heteroatoms. The van der Waals surface area contributed by atoms with Crippen molar-refractivity contribution in [1.29, 1.82) is 0 Å². The molecule has 2 heterocycles. The van der Waals surface area contributed by atoms with E-state index in [0.29, 0.717) is 0 Å². The first kappa shape index (κ1) is 15.3. The van der Waals surface area contributed by atoms with Crippen LogP contribution in [-0.2, 0) is 6.54 Å². The van der Waals surface area contributed by atoms with E-state index in [1.807, 2.05) is 25.1 Å². The van der Waals surface area contributed by atoms with Gasteiger partial charge in [0.25, 0.3) is 0 Å². The minimum atomic E-state index is -0.174. The van der Waals surface area contributed by atoms with Gasteiger partial charge in [-0.3, -0.25) is 4.90 Å². The number of halogens is 1. The maximum Gasteiger partial charge on any atom is 0.123 e. The monoisotopic (exact) mass is 302 g/mol. The molecule has 1 saturated heterocycles. The van der Waals surface area contributed by atoms with Gasteiger partial charge in [0, 0.05) is 13.1 Å². The van der Waals surface area contributed by atoms with E-state index in [1.54, 1.807) is 12.3 Å². The van der Waals surface area contributed by atoms with Crippen LogP contribution in [0.25, 0.3) is 0 Å². The average Bonchev–Trinajstić information content (AvgIpc) is 3.19. The van der Waals surface area contributed by atoms with Gasteiger partial charge in [0.2, 0.25) is 0 Å². The van der Waals surface area contributed by atoms with Gasteiger partial charge >= 0.3 is 0 Å². The van der Waals surface area contributed by atoms with Gasteiger partial charge < -0.3 is 9.73 Å². The first-order chi connectivity index (χ1) is 10.7. The molecule has 0 bridgehead atoms. The van der Waals surface area contributed by atoms with Crippen LogP contribution in [0.15, 0.2) is 41.0 Å². The van der Waals surface area contributed by atoms with Crippen molar-refractivity contribution < 1.29 is 8.81 Å². The zero-order valence-electron chi connectivity index (χ0n) is 13.0. The topological polar surface area (TPSA) is 28.4 Å². The highest BCUT2D eigenvalue weighted by Gasteiger charge is 2.25. The van der Waals surface area contributed by atoms with E-state index < -0.39 is 0 Å². The van der Waals surface area contributed by atoms with Gasteiger partial charge in [-0.25, -0.2) is 4.39 Å². The second kappa shape index (κ2) is 7.07. The Labute approximate surface area is 131 Å². The van der Waals surface area contributed by atoms with Crippen LogP contribution in [0, 0.1) is 12.7 Å². The van der Waals surface area contributed by atoms with Crippen LogP contribution in [0.3, 0.4) is 0 Å².